The highest BCUT2D eigenvalue weighted by atomic mass is 35.5. The zero-order valence-corrected chi connectivity index (χ0v) is 7.75. The topological polar surface area (TPSA) is 56.0 Å². The third kappa shape index (κ3) is 0.866. The summed E-state index contributed by atoms with van der Waals surface area (Å²) in [6.07, 6.45) is 0. The van der Waals surface area contributed by atoms with Crippen LogP contribution in [0.2, 0.25) is 5.15 Å². The number of hydrogen-bond acceptors (Lipinski definition) is 5. The summed E-state index contributed by atoms with van der Waals surface area (Å²) < 4.78 is 1.33. The van der Waals surface area contributed by atoms with E-state index in [-0.39, 0.29) is 0 Å². The number of nitrogens with zero attached hydrogens (tertiary/aromatic N) is 5. The van der Waals surface area contributed by atoms with E-state index in [1.165, 1.54) is 4.63 Å². The first-order valence-electron chi connectivity index (χ1n) is 3.46. The van der Waals surface area contributed by atoms with Crippen LogP contribution in [0.1, 0.15) is 0 Å². The first kappa shape index (κ1) is 7.16. The molecule has 0 amide bonds. The van der Waals surface area contributed by atoms with Crippen LogP contribution in [0.5, 0.6) is 0 Å². The van der Waals surface area contributed by atoms with E-state index >= 15 is 0 Å². The quantitative estimate of drug-likeness (QED) is 0.564. The molecule has 0 bridgehead atoms. The van der Waals surface area contributed by atoms with Gasteiger partial charge >= 0.3 is 0 Å². The lowest BCUT2D eigenvalue weighted by molar-refractivity contribution is 0.736. The number of fused-ring (bicyclic) bond motifs is 3. The van der Waals surface area contributed by atoms with Crippen molar-refractivity contribution in [2.75, 3.05) is 0 Å². The molecular formula is C6H2ClN5S. The number of hydrogen-bond donors (Lipinski definition) is 0. The van der Waals surface area contributed by atoms with E-state index in [0.717, 1.165) is 10.8 Å². The fourth-order valence-corrected chi connectivity index (χ4v) is 2.28. The molecule has 0 saturated heterocycles. The minimum atomic E-state index is 0.427. The van der Waals surface area contributed by atoms with Crippen molar-refractivity contribution in [3.63, 3.8) is 0 Å². The van der Waals surface area contributed by atoms with Gasteiger partial charge in [-0.2, -0.15) is 11.3 Å². The second kappa shape index (κ2) is 2.36. The number of tetrazole rings is 1. The maximum Gasteiger partial charge on any atom is 0.208 e. The SMILES string of the molecule is Clc1nn2nnnc2c2cscc12. The molecule has 3 heterocycles. The van der Waals surface area contributed by atoms with Crippen molar-refractivity contribution < 1.29 is 0 Å². The van der Waals surface area contributed by atoms with E-state index in [2.05, 4.69) is 20.6 Å². The van der Waals surface area contributed by atoms with Gasteiger partial charge in [-0.15, -0.1) is 14.8 Å². The van der Waals surface area contributed by atoms with Crippen molar-refractivity contribution in [2.45, 2.75) is 0 Å². The predicted molar refractivity (Wildman–Crippen MR) is 49.0 cm³/mol. The average molecular weight is 212 g/mol. The molecule has 3 aromatic rings. The predicted octanol–water partition coefficient (Wildman–Crippen LogP) is 1.39. The van der Waals surface area contributed by atoms with Crippen LogP contribution in [-0.2, 0) is 0 Å². The lowest BCUT2D eigenvalue weighted by Crippen LogP contribution is -1.94. The van der Waals surface area contributed by atoms with Crippen LogP contribution in [0.15, 0.2) is 10.8 Å². The maximum absolute atomic E-state index is 5.91. The molecule has 0 radical (unpaired) electrons. The van der Waals surface area contributed by atoms with Gasteiger partial charge in [0.25, 0.3) is 0 Å². The van der Waals surface area contributed by atoms with E-state index < -0.39 is 0 Å². The molecule has 3 aromatic heterocycles. The second-order valence-electron chi connectivity index (χ2n) is 2.48. The molecule has 64 valence electrons. The third-order valence-corrected chi connectivity index (χ3v) is 2.78. The Morgan fingerprint density at radius 3 is 3.08 bits per heavy atom. The Balaban J connectivity index is 2.70. The van der Waals surface area contributed by atoms with E-state index in [1.54, 1.807) is 11.3 Å². The molecule has 0 aliphatic rings. The Bertz CT molecular complexity index is 585. The fraction of sp³-hybridized carbons (Fsp3) is 0. The molecular weight excluding hydrogens is 210 g/mol. The summed E-state index contributed by atoms with van der Waals surface area (Å²) in [5.41, 5.74) is 0.639. The summed E-state index contributed by atoms with van der Waals surface area (Å²) in [7, 11) is 0. The van der Waals surface area contributed by atoms with Crippen molar-refractivity contribution in [1.29, 1.82) is 0 Å². The lowest BCUT2D eigenvalue weighted by Gasteiger charge is -1.93. The van der Waals surface area contributed by atoms with Crippen LogP contribution in [0, 0.1) is 0 Å². The summed E-state index contributed by atoms with van der Waals surface area (Å²) >= 11 is 7.47. The van der Waals surface area contributed by atoms with Gasteiger partial charge in [0, 0.05) is 21.5 Å². The zero-order valence-electron chi connectivity index (χ0n) is 6.18. The number of aromatic nitrogens is 5. The average Bonchev–Trinajstić information content (AvgIpc) is 2.66. The lowest BCUT2D eigenvalue weighted by atomic mass is 10.3. The first-order chi connectivity index (χ1) is 6.36. The highest BCUT2D eigenvalue weighted by Gasteiger charge is 2.09. The molecule has 0 aromatic carbocycles. The van der Waals surface area contributed by atoms with Gasteiger partial charge in [-0.3, -0.25) is 0 Å². The van der Waals surface area contributed by atoms with Gasteiger partial charge in [-0.05, 0) is 10.4 Å². The molecule has 0 atom stereocenters. The van der Waals surface area contributed by atoms with E-state index in [4.69, 9.17) is 11.6 Å². The molecule has 5 nitrogen and oxygen atoms in total. The van der Waals surface area contributed by atoms with Crippen LogP contribution in [0.3, 0.4) is 0 Å². The standard InChI is InChI=1S/C6H2ClN5S/c7-5-3-1-13-2-4(3)6-8-10-11-12(6)9-5/h1-2H. The Morgan fingerprint density at radius 1 is 1.31 bits per heavy atom. The first-order valence-corrected chi connectivity index (χ1v) is 4.78. The fourth-order valence-electron chi connectivity index (χ4n) is 1.18. The molecule has 0 unspecified atom stereocenters. The Morgan fingerprint density at radius 2 is 2.15 bits per heavy atom. The Hall–Kier alpha value is -1.27. The number of thiophene rings is 1. The molecule has 0 fully saturated rings. The normalized spacial score (nSPS) is 11.5. The Labute approximate surface area is 80.9 Å². The van der Waals surface area contributed by atoms with E-state index in [0.29, 0.717) is 10.8 Å². The molecule has 0 aliphatic carbocycles. The van der Waals surface area contributed by atoms with E-state index in [9.17, 15) is 0 Å². The van der Waals surface area contributed by atoms with Crippen molar-refractivity contribution >= 4 is 39.4 Å². The molecule has 0 saturated carbocycles. The number of rotatable bonds is 0. The monoisotopic (exact) mass is 211 g/mol. The van der Waals surface area contributed by atoms with Gasteiger partial charge in [0.15, 0.2) is 5.15 Å². The summed E-state index contributed by atoms with van der Waals surface area (Å²) in [6, 6.07) is 0. The molecule has 13 heavy (non-hydrogen) atoms. The van der Waals surface area contributed by atoms with Crippen LogP contribution in [0.4, 0.5) is 0 Å². The highest BCUT2D eigenvalue weighted by molar-refractivity contribution is 7.09. The van der Waals surface area contributed by atoms with Crippen molar-refractivity contribution in [3.8, 4) is 0 Å². The van der Waals surface area contributed by atoms with Crippen LogP contribution >= 0.6 is 22.9 Å². The van der Waals surface area contributed by atoms with Gasteiger partial charge in [-0.25, -0.2) is 0 Å². The minimum Gasteiger partial charge on any atom is -0.151 e. The Kier molecular flexibility index (Phi) is 1.30. The van der Waals surface area contributed by atoms with Gasteiger partial charge in [-0.1, -0.05) is 11.6 Å². The zero-order chi connectivity index (χ0) is 8.84. The van der Waals surface area contributed by atoms with Gasteiger partial charge in [0.05, 0.1) is 0 Å². The molecule has 0 N–H and O–H groups in total. The van der Waals surface area contributed by atoms with Crippen molar-refractivity contribution in [2.24, 2.45) is 0 Å². The minimum absolute atomic E-state index is 0.427. The molecule has 7 heteroatoms. The van der Waals surface area contributed by atoms with Gasteiger partial charge in [0.2, 0.25) is 5.65 Å². The molecule has 0 spiro atoms. The third-order valence-electron chi connectivity index (χ3n) is 1.76. The second-order valence-corrected chi connectivity index (χ2v) is 3.58. The van der Waals surface area contributed by atoms with Crippen LogP contribution in [0.25, 0.3) is 16.4 Å². The molecule has 3 rings (SSSR count). The summed E-state index contributed by atoms with van der Waals surface area (Å²) in [5.74, 6) is 0. The van der Waals surface area contributed by atoms with Gasteiger partial charge in [0.1, 0.15) is 0 Å². The molecule has 0 aliphatic heterocycles. The summed E-state index contributed by atoms with van der Waals surface area (Å²) in [5, 5.41) is 21.2. The summed E-state index contributed by atoms with van der Waals surface area (Å²) in [6.45, 7) is 0. The maximum atomic E-state index is 5.91. The van der Waals surface area contributed by atoms with Crippen LogP contribution < -0.4 is 0 Å². The summed E-state index contributed by atoms with van der Waals surface area (Å²) in [4.78, 5) is 0. The van der Waals surface area contributed by atoms with Gasteiger partial charge < -0.3 is 0 Å². The van der Waals surface area contributed by atoms with Crippen LogP contribution in [-0.4, -0.2) is 25.3 Å². The smallest absolute Gasteiger partial charge is 0.151 e. The van der Waals surface area contributed by atoms with Crippen molar-refractivity contribution in [1.82, 2.24) is 25.3 Å². The van der Waals surface area contributed by atoms with E-state index in [1.807, 2.05) is 10.8 Å². The number of halogens is 1. The van der Waals surface area contributed by atoms with Crippen molar-refractivity contribution in [3.05, 3.63) is 15.9 Å². The highest BCUT2D eigenvalue weighted by Crippen LogP contribution is 2.26. The largest absolute Gasteiger partial charge is 0.208 e.